The summed E-state index contributed by atoms with van der Waals surface area (Å²) in [6, 6.07) is 8.57. The Balaban J connectivity index is 1.30. The molecule has 0 radical (unpaired) electrons. The van der Waals surface area contributed by atoms with E-state index in [2.05, 4.69) is 38.1 Å². The van der Waals surface area contributed by atoms with Gasteiger partial charge in [-0.3, -0.25) is 0 Å². The van der Waals surface area contributed by atoms with Crippen molar-refractivity contribution in [1.29, 1.82) is 0 Å². The van der Waals surface area contributed by atoms with Gasteiger partial charge in [-0.05, 0) is 75.3 Å². The van der Waals surface area contributed by atoms with Crippen LogP contribution < -0.4 is 4.74 Å². The minimum absolute atomic E-state index is 0.448. The second-order valence-electron chi connectivity index (χ2n) is 9.45. The molecule has 27 heavy (non-hydrogen) atoms. The van der Waals surface area contributed by atoms with Gasteiger partial charge in [0.1, 0.15) is 5.75 Å². The molecule has 0 unspecified atom stereocenters. The van der Waals surface area contributed by atoms with Crippen LogP contribution in [0, 0.1) is 24.7 Å². The van der Waals surface area contributed by atoms with Crippen LogP contribution in [0.1, 0.15) is 102 Å². The van der Waals surface area contributed by atoms with E-state index < -0.39 is 0 Å². The van der Waals surface area contributed by atoms with Gasteiger partial charge in [0.15, 0.2) is 0 Å². The summed E-state index contributed by atoms with van der Waals surface area (Å²) in [7, 11) is 0. The van der Waals surface area contributed by atoms with Gasteiger partial charge in [-0.15, -0.1) is 0 Å². The molecule has 2 aliphatic carbocycles. The number of ether oxygens (including phenoxy) is 1. The van der Waals surface area contributed by atoms with Crippen LogP contribution in [-0.4, -0.2) is 6.10 Å². The first-order valence-electron chi connectivity index (χ1n) is 12.0. The molecule has 2 aliphatic rings. The zero-order chi connectivity index (χ0) is 18.9. The maximum absolute atomic E-state index is 6.24. The molecule has 0 N–H and O–H groups in total. The molecule has 0 heterocycles. The number of rotatable bonds is 9. The summed E-state index contributed by atoms with van der Waals surface area (Å²) in [5.74, 6) is 4.10. The molecule has 0 saturated heterocycles. The number of hydrogen-bond acceptors (Lipinski definition) is 1. The van der Waals surface area contributed by atoms with E-state index in [-0.39, 0.29) is 0 Å². The van der Waals surface area contributed by atoms with Crippen LogP contribution in [0.15, 0.2) is 24.3 Å². The van der Waals surface area contributed by atoms with Crippen molar-refractivity contribution in [2.45, 2.75) is 110 Å². The smallest absolute Gasteiger partial charge is 0.119 e. The molecule has 3 rings (SSSR count). The lowest BCUT2D eigenvalue weighted by atomic mass is 9.70. The molecule has 1 aromatic rings. The molecule has 0 spiro atoms. The summed E-state index contributed by atoms with van der Waals surface area (Å²) in [6.07, 6.45) is 20.5. The molecule has 1 aromatic carbocycles. The van der Waals surface area contributed by atoms with E-state index in [4.69, 9.17) is 4.74 Å². The van der Waals surface area contributed by atoms with Crippen LogP contribution in [0.4, 0.5) is 0 Å². The van der Waals surface area contributed by atoms with Crippen LogP contribution >= 0.6 is 0 Å². The first-order chi connectivity index (χ1) is 13.2. The lowest BCUT2D eigenvalue weighted by molar-refractivity contribution is 0.0912. The molecular weight excluding hydrogens is 328 g/mol. The van der Waals surface area contributed by atoms with E-state index in [1.807, 2.05) is 0 Å². The second kappa shape index (κ2) is 11.1. The van der Waals surface area contributed by atoms with Crippen LogP contribution in [0.25, 0.3) is 0 Å². The normalized spacial score (nSPS) is 28.8. The van der Waals surface area contributed by atoms with Crippen molar-refractivity contribution in [3.63, 3.8) is 0 Å². The zero-order valence-corrected chi connectivity index (χ0v) is 17.9. The van der Waals surface area contributed by atoms with Crippen molar-refractivity contribution in [3.05, 3.63) is 29.8 Å². The van der Waals surface area contributed by atoms with Crippen LogP contribution in [0.2, 0.25) is 0 Å². The minimum Gasteiger partial charge on any atom is -0.490 e. The van der Waals surface area contributed by atoms with E-state index in [0.717, 1.165) is 23.5 Å². The molecule has 1 heteroatoms. The Hall–Kier alpha value is -0.980. The third-order valence-corrected chi connectivity index (χ3v) is 7.32. The van der Waals surface area contributed by atoms with Gasteiger partial charge in [-0.2, -0.15) is 0 Å². The van der Waals surface area contributed by atoms with E-state index in [9.17, 15) is 0 Å². The first kappa shape index (κ1) is 20.7. The highest BCUT2D eigenvalue weighted by Crippen LogP contribution is 2.41. The van der Waals surface area contributed by atoms with Crippen molar-refractivity contribution < 1.29 is 4.74 Å². The fourth-order valence-electron chi connectivity index (χ4n) is 5.47. The van der Waals surface area contributed by atoms with Crippen molar-refractivity contribution in [2.75, 3.05) is 0 Å². The van der Waals surface area contributed by atoms with Crippen molar-refractivity contribution in [2.24, 2.45) is 17.8 Å². The van der Waals surface area contributed by atoms with Crippen LogP contribution in [0.5, 0.6) is 5.75 Å². The van der Waals surface area contributed by atoms with Gasteiger partial charge < -0.3 is 4.74 Å². The summed E-state index contributed by atoms with van der Waals surface area (Å²) in [5.41, 5.74) is 1.31. The van der Waals surface area contributed by atoms with E-state index in [1.165, 1.54) is 95.5 Å². The Bertz CT molecular complexity index is 504. The third-order valence-electron chi connectivity index (χ3n) is 7.32. The predicted octanol–water partition coefficient (Wildman–Crippen LogP) is 8.10. The molecule has 0 aromatic heterocycles. The minimum atomic E-state index is 0.448. The maximum atomic E-state index is 6.24. The lowest BCUT2D eigenvalue weighted by Gasteiger charge is -2.38. The standard InChI is InChI=1S/C26H42O/c1-3-4-5-6-7-8-22-11-13-23(14-12-22)24-15-19-26(20-16-24)27-25-17-9-21(2)10-18-25/h9-10,17-18,22-24,26H,3-8,11-16,19-20H2,1-2H3. The highest BCUT2D eigenvalue weighted by atomic mass is 16.5. The highest BCUT2D eigenvalue weighted by Gasteiger charge is 2.31. The average Bonchev–Trinajstić information content (AvgIpc) is 2.71. The molecular formula is C26H42O. The number of benzene rings is 1. The topological polar surface area (TPSA) is 9.23 Å². The molecule has 0 bridgehead atoms. The molecule has 0 atom stereocenters. The Morgan fingerprint density at radius 2 is 1.33 bits per heavy atom. The quantitative estimate of drug-likeness (QED) is 0.399. The molecule has 0 amide bonds. The van der Waals surface area contributed by atoms with Crippen molar-refractivity contribution >= 4 is 0 Å². The Kier molecular flexibility index (Phi) is 8.55. The Morgan fingerprint density at radius 3 is 1.96 bits per heavy atom. The summed E-state index contributed by atoms with van der Waals surface area (Å²) in [4.78, 5) is 0. The fourth-order valence-corrected chi connectivity index (χ4v) is 5.47. The van der Waals surface area contributed by atoms with E-state index in [0.29, 0.717) is 6.10 Å². The first-order valence-corrected chi connectivity index (χ1v) is 12.0. The number of hydrogen-bond donors (Lipinski definition) is 0. The monoisotopic (exact) mass is 370 g/mol. The van der Waals surface area contributed by atoms with Gasteiger partial charge in [0.2, 0.25) is 0 Å². The highest BCUT2D eigenvalue weighted by molar-refractivity contribution is 5.26. The third kappa shape index (κ3) is 6.84. The molecule has 2 fully saturated rings. The molecule has 0 aliphatic heterocycles. The van der Waals surface area contributed by atoms with E-state index in [1.54, 1.807) is 0 Å². The molecule has 1 nitrogen and oxygen atoms in total. The van der Waals surface area contributed by atoms with Gasteiger partial charge in [0, 0.05) is 0 Å². The SMILES string of the molecule is CCCCCCCC1CCC(C2CCC(Oc3ccc(C)cc3)CC2)CC1. The van der Waals surface area contributed by atoms with Crippen molar-refractivity contribution in [1.82, 2.24) is 0 Å². The average molecular weight is 371 g/mol. The molecule has 152 valence electrons. The van der Waals surface area contributed by atoms with Crippen LogP contribution in [0.3, 0.4) is 0 Å². The predicted molar refractivity (Wildman–Crippen MR) is 116 cm³/mol. The lowest BCUT2D eigenvalue weighted by Crippen LogP contribution is -2.29. The number of aryl methyl sites for hydroxylation is 1. The van der Waals surface area contributed by atoms with Gasteiger partial charge >= 0.3 is 0 Å². The fraction of sp³-hybridized carbons (Fsp3) is 0.769. The Morgan fingerprint density at radius 1 is 0.741 bits per heavy atom. The van der Waals surface area contributed by atoms with E-state index >= 15 is 0 Å². The number of unbranched alkanes of at least 4 members (excludes halogenated alkanes) is 4. The zero-order valence-electron chi connectivity index (χ0n) is 17.9. The van der Waals surface area contributed by atoms with Crippen LogP contribution in [-0.2, 0) is 0 Å². The largest absolute Gasteiger partial charge is 0.490 e. The van der Waals surface area contributed by atoms with Gasteiger partial charge in [-0.25, -0.2) is 0 Å². The summed E-state index contributed by atoms with van der Waals surface area (Å²) < 4.78 is 6.24. The van der Waals surface area contributed by atoms with Gasteiger partial charge in [0.05, 0.1) is 6.10 Å². The summed E-state index contributed by atoms with van der Waals surface area (Å²) in [6.45, 7) is 4.44. The molecule has 2 saturated carbocycles. The maximum Gasteiger partial charge on any atom is 0.119 e. The Labute approximate surface area is 168 Å². The van der Waals surface area contributed by atoms with Gasteiger partial charge in [0.25, 0.3) is 0 Å². The summed E-state index contributed by atoms with van der Waals surface area (Å²) >= 11 is 0. The summed E-state index contributed by atoms with van der Waals surface area (Å²) in [5, 5.41) is 0. The van der Waals surface area contributed by atoms with Crippen molar-refractivity contribution in [3.8, 4) is 5.75 Å². The second-order valence-corrected chi connectivity index (χ2v) is 9.45. The van der Waals surface area contributed by atoms with Gasteiger partial charge in [-0.1, -0.05) is 76.0 Å².